The Hall–Kier alpha value is -3.22. The van der Waals surface area contributed by atoms with E-state index in [1.807, 2.05) is 35.7 Å². The van der Waals surface area contributed by atoms with Crippen molar-refractivity contribution in [1.82, 2.24) is 24.8 Å². The van der Waals surface area contributed by atoms with E-state index in [4.69, 9.17) is 14.3 Å². The van der Waals surface area contributed by atoms with Crippen molar-refractivity contribution in [1.29, 1.82) is 0 Å². The number of nitrogens with zero attached hydrogens (tertiary/aromatic N) is 5. The summed E-state index contributed by atoms with van der Waals surface area (Å²) in [6.07, 6.45) is 8.08. The molecule has 7 rings (SSSR count). The normalized spacial score (nSPS) is 20.2. The Kier molecular flexibility index (Phi) is 3.69. The summed E-state index contributed by atoms with van der Waals surface area (Å²) in [5, 5.41) is 13.8. The van der Waals surface area contributed by atoms with Crippen LogP contribution >= 0.6 is 0 Å². The third-order valence-corrected chi connectivity index (χ3v) is 6.22. The summed E-state index contributed by atoms with van der Waals surface area (Å²) < 4.78 is 13.3. The Morgan fingerprint density at radius 1 is 1.07 bits per heavy atom. The summed E-state index contributed by atoms with van der Waals surface area (Å²) in [4.78, 5) is 4.56. The third-order valence-electron chi connectivity index (χ3n) is 6.22. The summed E-state index contributed by atoms with van der Waals surface area (Å²) >= 11 is 0. The molecule has 7 nitrogen and oxygen atoms in total. The molecule has 0 spiro atoms. The summed E-state index contributed by atoms with van der Waals surface area (Å²) in [7, 11) is 0. The highest BCUT2D eigenvalue weighted by Crippen LogP contribution is 2.53. The molecule has 4 heterocycles. The molecule has 0 unspecified atom stereocenters. The maximum Gasteiger partial charge on any atom is 0.236 e. The SMILES string of the molecule is Cc1cccc(COc2nn3c(-c4ccoc4)nnc3c3c2C2CCC3CC2)n1. The highest BCUT2D eigenvalue weighted by Gasteiger charge is 2.39. The van der Waals surface area contributed by atoms with Gasteiger partial charge in [0.2, 0.25) is 5.88 Å². The average Bonchev–Trinajstić information content (AvgIpc) is 3.42. The van der Waals surface area contributed by atoms with Crippen LogP contribution in [0.25, 0.3) is 17.0 Å². The van der Waals surface area contributed by atoms with Crippen LogP contribution in [0, 0.1) is 6.92 Å². The van der Waals surface area contributed by atoms with Gasteiger partial charge in [0.15, 0.2) is 11.5 Å². The van der Waals surface area contributed by atoms with Crippen molar-refractivity contribution in [2.24, 2.45) is 0 Å². The Balaban J connectivity index is 1.50. The number of ether oxygens (including phenoxy) is 1. The minimum absolute atomic E-state index is 0.396. The van der Waals surface area contributed by atoms with Crippen molar-refractivity contribution in [2.75, 3.05) is 0 Å². The van der Waals surface area contributed by atoms with Gasteiger partial charge in [-0.25, -0.2) is 0 Å². The van der Waals surface area contributed by atoms with Gasteiger partial charge in [0.25, 0.3) is 0 Å². The summed E-state index contributed by atoms with van der Waals surface area (Å²) in [5.41, 5.74) is 6.11. The van der Waals surface area contributed by atoms with Crippen molar-refractivity contribution in [2.45, 2.75) is 51.0 Å². The molecule has 3 aliphatic carbocycles. The quantitative estimate of drug-likeness (QED) is 0.516. The van der Waals surface area contributed by atoms with E-state index in [-0.39, 0.29) is 0 Å². The molecule has 1 saturated carbocycles. The molecule has 0 N–H and O–H groups in total. The van der Waals surface area contributed by atoms with Crippen molar-refractivity contribution < 1.29 is 9.15 Å². The molecular weight excluding hydrogens is 366 g/mol. The highest BCUT2D eigenvalue weighted by atomic mass is 16.5. The number of hydrogen-bond donors (Lipinski definition) is 0. The van der Waals surface area contributed by atoms with Gasteiger partial charge in [-0.15, -0.1) is 15.3 Å². The summed E-state index contributed by atoms with van der Waals surface area (Å²) in [6, 6.07) is 7.86. The van der Waals surface area contributed by atoms with Crippen LogP contribution in [0.4, 0.5) is 0 Å². The number of aryl methyl sites for hydroxylation is 1. The van der Waals surface area contributed by atoms with E-state index in [9.17, 15) is 0 Å². The first kappa shape index (κ1) is 16.7. The van der Waals surface area contributed by atoms with Crippen molar-refractivity contribution in [3.05, 3.63) is 59.3 Å². The molecule has 7 heteroatoms. The fourth-order valence-electron chi connectivity index (χ4n) is 4.89. The molecule has 29 heavy (non-hydrogen) atoms. The van der Waals surface area contributed by atoms with Gasteiger partial charge in [0.1, 0.15) is 12.9 Å². The number of furan rings is 1. The van der Waals surface area contributed by atoms with Crippen LogP contribution in [0.15, 0.2) is 41.2 Å². The van der Waals surface area contributed by atoms with Crippen molar-refractivity contribution in [3.8, 4) is 17.3 Å². The monoisotopic (exact) mass is 387 g/mol. The lowest BCUT2D eigenvalue weighted by Crippen LogP contribution is -2.25. The van der Waals surface area contributed by atoms with E-state index in [1.54, 1.807) is 12.5 Å². The first-order valence-corrected chi connectivity index (χ1v) is 10.1. The van der Waals surface area contributed by atoms with E-state index in [1.165, 1.54) is 36.8 Å². The fourth-order valence-corrected chi connectivity index (χ4v) is 4.89. The fraction of sp³-hybridized carbons (Fsp3) is 0.364. The molecule has 146 valence electrons. The average molecular weight is 387 g/mol. The van der Waals surface area contributed by atoms with Crippen molar-refractivity contribution >= 4 is 5.65 Å². The molecule has 0 aliphatic heterocycles. The lowest BCUT2D eigenvalue weighted by molar-refractivity contribution is 0.265. The minimum atomic E-state index is 0.396. The Morgan fingerprint density at radius 3 is 2.66 bits per heavy atom. The molecule has 1 fully saturated rings. The maximum absolute atomic E-state index is 6.27. The first-order valence-electron chi connectivity index (χ1n) is 10.1. The van der Waals surface area contributed by atoms with Crippen LogP contribution in [0.2, 0.25) is 0 Å². The largest absolute Gasteiger partial charge is 0.472 e. The Labute approximate surface area is 167 Å². The zero-order chi connectivity index (χ0) is 19.4. The first-order chi connectivity index (χ1) is 14.3. The predicted molar refractivity (Wildman–Crippen MR) is 106 cm³/mol. The zero-order valence-electron chi connectivity index (χ0n) is 16.2. The smallest absolute Gasteiger partial charge is 0.236 e. The second-order valence-electron chi connectivity index (χ2n) is 8.01. The highest BCUT2D eigenvalue weighted by molar-refractivity contribution is 5.64. The molecule has 0 amide bonds. The van der Waals surface area contributed by atoms with Gasteiger partial charge in [0.05, 0.1) is 17.5 Å². The topological polar surface area (TPSA) is 78.3 Å². The number of rotatable bonds is 4. The molecule has 3 aliphatic rings. The van der Waals surface area contributed by atoms with Gasteiger partial charge >= 0.3 is 0 Å². The molecule has 4 aromatic heterocycles. The molecule has 2 bridgehead atoms. The van der Waals surface area contributed by atoms with E-state index >= 15 is 0 Å². The molecular formula is C22H21N5O2. The summed E-state index contributed by atoms with van der Waals surface area (Å²) in [5.74, 6) is 2.36. The third kappa shape index (κ3) is 2.64. The molecule has 0 aromatic carbocycles. The van der Waals surface area contributed by atoms with Gasteiger partial charge in [0, 0.05) is 16.8 Å². The lowest BCUT2D eigenvalue weighted by atomic mass is 9.67. The van der Waals surface area contributed by atoms with Crippen LogP contribution in [0.1, 0.15) is 60.0 Å². The van der Waals surface area contributed by atoms with Crippen LogP contribution < -0.4 is 4.74 Å². The van der Waals surface area contributed by atoms with E-state index in [0.717, 1.165) is 22.6 Å². The number of fused-ring (bicyclic) bond motifs is 3. The van der Waals surface area contributed by atoms with Crippen LogP contribution in [0.5, 0.6) is 5.88 Å². The lowest BCUT2D eigenvalue weighted by Gasteiger charge is -2.38. The maximum atomic E-state index is 6.27. The second kappa shape index (κ2) is 6.40. The number of pyridine rings is 1. The van der Waals surface area contributed by atoms with E-state index in [2.05, 4.69) is 15.2 Å². The number of hydrogen-bond acceptors (Lipinski definition) is 6. The number of aromatic nitrogens is 5. The zero-order valence-corrected chi connectivity index (χ0v) is 16.2. The molecule has 0 radical (unpaired) electrons. The van der Waals surface area contributed by atoms with Crippen molar-refractivity contribution in [3.63, 3.8) is 0 Å². The Bertz CT molecular complexity index is 1190. The van der Waals surface area contributed by atoms with E-state index in [0.29, 0.717) is 30.1 Å². The van der Waals surface area contributed by atoms with Gasteiger partial charge < -0.3 is 9.15 Å². The van der Waals surface area contributed by atoms with Gasteiger partial charge in [-0.05, 0) is 62.6 Å². The van der Waals surface area contributed by atoms with Crippen LogP contribution in [-0.2, 0) is 6.61 Å². The van der Waals surface area contributed by atoms with Gasteiger partial charge in [-0.1, -0.05) is 6.07 Å². The van der Waals surface area contributed by atoms with E-state index < -0.39 is 0 Å². The standard InChI is InChI=1S/C22H21N5O2/c1-13-3-2-4-17(23-13)12-29-22-19-15-7-5-14(6-8-15)18(19)21-25-24-20(27(21)26-22)16-9-10-28-11-16/h2-4,9-11,14-15H,5-8,12H2,1H3. The second-order valence-corrected chi connectivity index (χ2v) is 8.01. The van der Waals surface area contributed by atoms with Crippen LogP contribution in [-0.4, -0.2) is 24.8 Å². The summed E-state index contributed by atoms with van der Waals surface area (Å²) in [6.45, 7) is 2.39. The Morgan fingerprint density at radius 2 is 1.90 bits per heavy atom. The van der Waals surface area contributed by atoms with Crippen LogP contribution in [0.3, 0.4) is 0 Å². The molecule has 0 atom stereocenters. The predicted octanol–water partition coefficient (Wildman–Crippen LogP) is 4.42. The molecule has 0 saturated heterocycles. The van der Waals surface area contributed by atoms with Gasteiger partial charge in [-0.3, -0.25) is 4.98 Å². The van der Waals surface area contributed by atoms with Gasteiger partial charge in [-0.2, -0.15) is 4.52 Å². The minimum Gasteiger partial charge on any atom is -0.472 e. The molecule has 4 aromatic rings.